The van der Waals surface area contributed by atoms with Crippen molar-refractivity contribution in [3.63, 3.8) is 0 Å². The van der Waals surface area contributed by atoms with E-state index in [1.807, 2.05) is 54.0 Å². The quantitative estimate of drug-likeness (QED) is 0.429. The lowest BCUT2D eigenvalue weighted by Gasteiger charge is -2.11. The largest absolute Gasteiger partial charge is 0.493 e. The van der Waals surface area contributed by atoms with E-state index in [1.54, 1.807) is 14.2 Å². The number of aromatic amines is 1. The lowest BCUT2D eigenvalue weighted by molar-refractivity contribution is 0.354. The molecule has 7 nitrogen and oxygen atoms in total. The Morgan fingerprint density at radius 2 is 1.93 bits per heavy atom. The minimum absolute atomic E-state index is 0.728. The topological polar surface area (TPSA) is 76.5 Å². The molecule has 4 aromatic rings. The third kappa shape index (κ3) is 3.93. The molecule has 3 aromatic heterocycles. The summed E-state index contributed by atoms with van der Waals surface area (Å²) in [5.41, 5.74) is 3.65. The van der Waals surface area contributed by atoms with Crippen LogP contribution in [0, 0.1) is 6.92 Å². The van der Waals surface area contributed by atoms with Gasteiger partial charge in [0.15, 0.2) is 11.5 Å². The van der Waals surface area contributed by atoms with Crippen LogP contribution in [0.3, 0.4) is 0 Å². The van der Waals surface area contributed by atoms with Gasteiger partial charge in [0.25, 0.3) is 0 Å². The fourth-order valence-electron chi connectivity index (χ4n) is 3.27. The Bertz CT molecular complexity index is 1150. The van der Waals surface area contributed by atoms with Gasteiger partial charge in [0.2, 0.25) is 0 Å². The van der Waals surface area contributed by atoms with Gasteiger partial charge in [-0.25, -0.2) is 9.97 Å². The number of anilines is 1. The van der Waals surface area contributed by atoms with Gasteiger partial charge in [-0.2, -0.15) is 0 Å². The summed E-state index contributed by atoms with van der Waals surface area (Å²) in [7, 11) is 3.29. The number of methoxy groups -OCH3 is 2. The van der Waals surface area contributed by atoms with Gasteiger partial charge in [0, 0.05) is 23.4 Å². The number of nitrogens with zero attached hydrogens (tertiary/aromatic N) is 3. The van der Waals surface area contributed by atoms with E-state index in [-0.39, 0.29) is 0 Å². The third-order valence-electron chi connectivity index (χ3n) is 4.69. The van der Waals surface area contributed by atoms with Crippen molar-refractivity contribution >= 4 is 27.4 Å². The molecule has 3 heterocycles. The van der Waals surface area contributed by atoms with Crippen molar-refractivity contribution in [2.24, 2.45) is 0 Å². The SMILES string of the molecule is COc1ccc(CCNc2c(-c3c[nH]c(C)n3)nc3ccc(Br)cn23)cc1OC. The maximum absolute atomic E-state index is 5.40. The standard InChI is InChI=1S/C21H22BrN5O2/c1-13-24-11-16(25-13)20-21(27-12-15(22)5-7-19(27)26-20)23-9-8-14-4-6-17(28-2)18(10-14)29-3/h4-7,10-12,23H,8-9H2,1-3H3,(H,24,25). The Kier molecular flexibility index (Phi) is 5.44. The van der Waals surface area contributed by atoms with Crippen LogP contribution >= 0.6 is 15.9 Å². The molecule has 0 aliphatic carbocycles. The van der Waals surface area contributed by atoms with Gasteiger partial charge in [-0.1, -0.05) is 6.07 Å². The Hall–Kier alpha value is -3.00. The second-order valence-corrected chi connectivity index (χ2v) is 7.54. The van der Waals surface area contributed by atoms with Gasteiger partial charge in [-0.15, -0.1) is 0 Å². The number of pyridine rings is 1. The lowest BCUT2D eigenvalue weighted by Crippen LogP contribution is -2.08. The maximum Gasteiger partial charge on any atom is 0.160 e. The fraction of sp³-hybridized carbons (Fsp3) is 0.238. The van der Waals surface area contributed by atoms with E-state index in [0.717, 1.165) is 63.2 Å². The number of ether oxygens (including phenoxy) is 2. The number of aryl methyl sites for hydroxylation is 1. The molecular weight excluding hydrogens is 434 g/mol. The van der Waals surface area contributed by atoms with Crippen LogP contribution in [-0.2, 0) is 6.42 Å². The first-order valence-electron chi connectivity index (χ1n) is 9.24. The number of benzene rings is 1. The van der Waals surface area contributed by atoms with Crippen LogP contribution in [0.2, 0.25) is 0 Å². The molecule has 0 fully saturated rings. The summed E-state index contributed by atoms with van der Waals surface area (Å²) in [6.45, 7) is 2.66. The fourth-order valence-corrected chi connectivity index (χ4v) is 3.60. The van der Waals surface area contributed by atoms with Crippen LogP contribution in [0.1, 0.15) is 11.4 Å². The van der Waals surface area contributed by atoms with Crippen LogP contribution in [0.25, 0.3) is 17.0 Å². The number of imidazole rings is 2. The molecule has 2 N–H and O–H groups in total. The third-order valence-corrected chi connectivity index (χ3v) is 5.15. The number of nitrogens with one attached hydrogen (secondary N) is 2. The van der Waals surface area contributed by atoms with E-state index < -0.39 is 0 Å². The summed E-state index contributed by atoms with van der Waals surface area (Å²) in [6, 6.07) is 9.94. The summed E-state index contributed by atoms with van der Waals surface area (Å²) in [5.74, 6) is 3.23. The van der Waals surface area contributed by atoms with Crippen molar-refractivity contribution in [2.45, 2.75) is 13.3 Å². The predicted octanol–water partition coefficient (Wildman–Crippen LogP) is 4.47. The Labute approximate surface area is 177 Å². The van der Waals surface area contributed by atoms with Crippen molar-refractivity contribution in [2.75, 3.05) is 26.1 Å². The first-order chi connectivity index (χ1) is 14.1. The summed E-state index contributed by atoms with van der Waals surface area (Å²) < 4.78 is 13.7. The molecule has 0 spiro atoms. The molecule has 0 bridgehead atoms. The smallest absolute Gasteiger partial charge is 0.160 e. The maximum atomic E-state index is 5.40. The highest BCUT2D eigenvalue weighted by Gasteiger charge is 2.16. The average molecular weight is 456 g/mol. The normalized spacial score (nSPS) is 11.0. The summed E-state index contributed by atoms with van der Waals surface area (Å²) in [5, 5.41) is 3.54. The average Bonchev–Trinajstić information content (AvgIpc) is 3.31. The molecule has 0 radical (unpaired) electrons. The van der Waals surface area contributed by atoms with E-state index >= 15 is 0 Å². The van der Waals surface area contributed by atoms with Crippen LogP contribution in [0.4, 0.5) is 5.82 Å². The zero-order chi connectivity index (χ0) is 20.4. The predicted molar refractivity (Wildman–Crippen MR) is 117 cm³/mol. The molecule has 150 valence electrons. The molecule has 0 unspecified atom stereocenters. The second-order valence-electron chi connectivity index (χ2n) is 6.62. The van der Waals surface area contributed by atoms with Crippen LogP contribution < -0.4 is 14.8 Å². The van der Waals surface area contributed by atoms with Gasteiger partial charge in [0.05, 0.1) is 14.2 Å². The zero-order valence-corrected chi connectivity index (χ0v) is 18.1. The van der Waals surface area contributed by atoms with E-state index in [4.69, 9.17) is 14.5 Å². The lowest BCUT2D eigenvalue weighted by atomic mass is 10.1. The van der Waals surface area contributed by atoms with Gasteiger partial charge in [-0.05, 0) is 59.1 Å². The molecule has 0 saturated heterocycles. The molecule has 8 heteroatoms. The van der Waals surface area contributed by atoms with Crippen molar-refractivity contribution in [3.8, 4) is 22.9 Å². The van der Waals surface area contributed by atoms with Gasteiger partial charge < -0.3 is 19.8 Å². The van der Waals surface area contributed by atoms with Crippen LogP contribution in [-0.4, -0.2) is 40.1 Å². The van der Waals surface area contributed by atoms with Crippen LogP contribution in [0.15, 0.2) is 47.2 Å². The van der Waals surface area contributed by atoms with E-state index in [9.17, 15) is 0 Å². The Morgan fingerprint density at radius 3 is 2.66 bits per heavy atom. The molecule has 0 amide bonds. The Balaban J connectivity index is 1.61. The van der Waals surface area contributed by atoms with Gasteiger partial charge in [-0.3, -0.25) is 4.40 Å². The minimum Gasteiger partial charge on any atom is -0.493 e. The van der Waals surface area contributed by atoms with E-state index in [2.05, 4.69) is 31.2 Å². The highest BCUT2D eigenvalue weighted by atomic mass is 79.9. The van der Waals surface area contributed by atoms with Crippen molar-refractivity contribution in [1.29, 1.82) is 0 Å². The summed E-state index contributed by atoms with van der Waals surface area (Å²) in [6.07, 6.45) is 4.70. The first-order valence-corrected chi connectivity index (χ1v) is 10.0. The van der Waals surface area contributed by atoms with Gasteiger partial charge >= 0.3 is 0 Å². The first kappa shape index (κ1) is 19.3. The van der Waals surface area contributed by atoms with E-state index in [1.165, 1.54) is 0 Å². The molecular formula is C21H22BrN5O2. The second kappa shape index (κ2) is 8.16. The molecule has 0 saturated carbocycles. The highest BCUT2D eigenvalue weighted by molar-refractivity contribution is 9.10. The summed E-state index contributed by atoms with van der Waals surface area (Å²) >= 11 is 3.55. The molecule has 29 heavy (non-hydrogen) atoms. The number of aromatic nitrogens is 4. The van der Waals surface area contributed by atoms with Gasteiger partial charge in [0.1, 0.15) is 28.7 Å². The number of rotatable bonds is 7. The molecule has 0 atom stereocenters. The molecule has 0 aliphatic rings. The minimum atomic E-state index is 0.728. The molecule has 4 rings (SSSR count). The van der Waals surface area contributed by atoms with Crippen molar-refractivity contribution < 1.29 is 9.47 Å². The summed E-state index contributed by atoms with van der Waals surface area (Å²) in [4.78, 5) is 12.5. The highest BCUT2D eigenvalue weighted by Crippen LogP contribution is 2.30. The number of H-pyrrole nitrogens is 1. The van der Waals surface area contributed by atoms with E-state index in [0.29, 0.717) is 0 Å². The van der Waals surface area contributed by atoms with Crippen molar-refractivity contribution in [3.05, 3.63) is 58.6 Å². The zero-order valence-electron chi connectivity index (χ0n) is 16.5. The number of halogens is 1. The number of hydrogen-bond acceptors (Lipinski definition) is 5. The van der Waals surface area contributed by atoms with Crippen LogP contribution in [0.5, 0.6) is 11.5 Å². The van der Waals surface area contributed by atoms with Crippen molar-refractivity contribution in [1.82, 2.24) is 19.4 Å². The Morgan fingerprint density at radius 1 is 1.10 bits per heavy atom. The number of fused-ring (bicyclic) bond motifs is 1. The number of hydrogen-bond donors (Lipinski definition) is 2. The monoisotopic (exact) mass is 455 g/mol. The molecule has 0 aliphatic heterocycles. The molecule has 1 aromatic carbocycles.